The van der Waals surface area contributed by atoms with E-state index in [9.17, 15) is 4.39 Å². The molecule has 0 unspecified atom stereocenters. The highest BCUT2D eigenvalue weighted by Gasteiger charge is 2.04. The molecule has 92 valence electrons. The van der Waals surface area contributed by atoms with Crippen LogP contribution in [0.3, 0.4) is 0 Å². The number of halogens is 1. The second-order valence-electron chi connectivity index (χ2n) is 4.12. The van der Waals surface area contributed by atoms with E-state index in [4.69, 9.17) is 0 Å². The number of benzene rings is 1. The zero-order chi connectivity index (χ0) is 13.1. The van der Waals surface area contributed by atoms with E-state index >= 15 is 0 Å². The molecule has 0 saturated carbocycles. The largest absolute Gasteiger partial charge is 0.246 e. The summed E-state index contributed by atoms with van der Waals surface area (Å²) in [5.74, 6) is -0.496. The Morgan fingerprint density at radius 2 is 1.21 bits per heavy atom. The number of hydrogen-bond donors (Lipinski definition) is 0. The summed E-state index contributed by atoms with van der Waals surface area (Å²) in [6.07, 6.45) is 0. The Kier molecular flexibility index (Phi) is 3.02. The Balaban J connectivity index is 2.06. The lowest BCUT2D eigenvalue weighted by atomic mass is 10.1. The average Bonchev–Trinajstić information content (AvgIpc) is 2.48. The number of hydrogen-bond acceptors (Lipinski definition) is 2. The van der Waals surface area contributed by atoms with Crippen LogP contribution in [0.5, 0.6) is 0 Å². The Morgan fingerprint density at radius 3 is 1.95 bits per heavy atom. The van der Waals surface area contributed by atoms with Crippen LogP contribution in [-0.2, 0) is 0 Å². The lowest BCUT2D eigenvalue weighted by Gasteiger charge is -2.04. The van der Waals surface area contributed by atoms with Gasteiger partial charge in [-0.3, -0.25) is 0 Å². The molecule has 2 heterocycles. The molecule has 1 aromatic carbocycles. The van der Waals surface area contributed by atoms with Crippen LogP contribution in [0, 0.1) is 5.95 Å². The molecule has 2 aromatic heterocycles. The van der Waals surface area contributed by atoms with Crippen molar-refractivity contribution in [3.63, 3.8) is 0 Å². The van der Waals surface area contributed by atoms with Crippen molar-refractivity contribution in [2.24, 2.45) is 0 Å². The van der Waals surface area contributed by atoms with Gasteiger partial charge < -0.3 is 0 Å². The minimum Gasteiger partial charge on any atom is -0.246 e. The van der Waals surface area contributed by atoms with E-state index < -0.39 is 5.95 Å². The monoisotopic (exact) mass is 250 g/mol. The maximum atomic E-state index is 13.1. The van der Waals surface area contributed by atoms with Crippen LogP contribution >= 0.6 is 0 Å². The van der Waals surface area contributed by atoms with Gasteiger partial charge in [-0.25, -0.2) is 9.97 Å². The molecule has 3 rings (SSSR count). The van der Waals surface area contributed by atoms with Crippen molar-refractivity contribution >= 4 is 0 Å². The van der Waals surface area contributed by atoms with Gasteiger partial charge in [-0.15, -0.1) is 0 Å². The number of pyridine rings is 2. The molecule has 3 heteroatoms. The Morgan fingerprint density at radius 1 is 0.579 bits per heavy atom. The molecule has 0 atom stereocenters. The summed E-state index contributed by atoms with van der Waals surface area (Å²) in [6, 6.07) is 20.2. The first kappa shape index (κ1) is 11.5. The summed E-state index contributed by atoms with van der Waals surface area (Å²) in [6.45, 7) is 0. The molecule has 0 saturated heterocycles. The third-order valence-corrected chi connectivity index (χ3v) is 2.80. The van der Waals surface area contributed by atoms with Crippen molar-refractivity contribution in [1.82, 2.24) is 9.97 Å². The molecule has 3 aromatic rings. The topological polar surface area (TPSA) is 25.8 Å². The molecule has 0 aliphatic carbocycles. The SMILES string of the molecule is Fc1cccc(-c2cccc(-c3ccccc3)n2)n1. The third-order valence-electron chi connectivity index (χ3n) is 2.80. The highest BCUT2D eigenvalue weighted by Crippen LogP contribution is 2.21. The van der Waals surface area contributed by atoms with Gasteiger partial charge in [0.1, 0.15) is 0 Å². The van der Waals surface area contributed by atoms with Gasteiger partial charge >= 0.3 is 0 Å². The van der Waals surface area contributed by atoms with Crippen molar-refractivity contribution in [3.05, 3.63) is 72.7 Å². The predicted molar refractivity (Wildman–Crippen MR) is 72.9 cm³/mol. The van der Waals surface area contributed by atoms with Crippen LogP contribution in [0.4, 0.5) is 4.39 Å². The fourth-order valence-corrected chi connectivity index (χ4v) is 1.90. The van der Waals surface area contributed by atoms with Crippen LogP contribution in [0.15, 0.2) is 66.7 Å². The molecular formula is C16H11FN2. The highest BCUT2D eigenvalue weighted by molar-refractivity contribution is 5.63. The fraction of sp³-hybridized carbons (Fsp3) is 0. The molecule has 0 aliphatic heterocycles. The zero-order valence-corrected chi connectivity index (χ0v) is 10.1. The minimum atomic E-state index is -0.496. The van der Waals surface area contributed by atoms with E-state index in [2.05, 4.69) is 9.97 Å². The van der Waals surface area contributed by atoms with Gasteiger partial charge in [0.15, 0.2) is 0 Å². The number of aromatic nitrogens is 2. The summed E-state index contributed by atoms with van der Waals surface area (Å²) in [4.78, 5) is 8.37. The summed E-state index contributed by atoms with van der Waals surface area (Å²) >= 11 is 0. The van der Waals surface area contributed by atoms with Gasteiger partial charge in [-0.05, 0) is 24.3 Å². The fourth-order valence-electron chi connectivity index (χ4n) is 1.90. The van der Waals surface area contributed by atoms with Crippen molar-refractivity contribution in [3.8, 4) is 22.6 Å². The van der Waals surface area contributed by atoms with Gasteiger partial charge in [0.05, 0.1) is 17.1 Å². The van der Waals surface area contributed by atoms with Crippen LogP contribution in [0.2, 0.25) is 0 Å². The summed E-state index contributed by atoms with van der Waals surface area (Å²) < 4.78 is 13.1. The molecule has 0 bridgehead atoms. The number of nitrogens with zero attached hydrogens (tertiary/aromatic N) is 2. The maximum absolute atomic E-state index is 13.1. The van der Waals surface area contributed by atoms with E-state index in [1.165, 1.54) is 6.07 Å². The van der Waals surface area contributed by atoms with E-state index in [1.807, 2.05) is 48.5 Å². The van der Waals surface area contributed by atoms with Crippen LogP contribution < -0.4 is 0 Å². The second kappa shape index (κ2) is 4.98. The molecule has 2 nitrogen and oxygen atoms in total. The van der Waals surface area contributed by atoms with Crippen LogP contribution in [0.1, 0.15) is 0 Å². The first-order valence-corrected chi connectivity index (χ1v) is 5.98. The molecule has 0 N–H and O–H groups in total. The average molecular weight is 250 g/mol. The lowest BCUT2D eigenvalue weighted by molar-refractivity contribution is 0.585. The van der Waals surface area contributed by atoms with Crippen LogP contribution in [-0.4, -0.2) is 9.97 Å². The van der Waals surface area contributed by atoms with Gasteiger partial charge in [-0.1, -0.05) is 42.5 Å². The van der Waals surface area contributed by atoms with E-state index in [-0.39, 0.29) is 0 Å². The molecule has 19 heavy (non-hydrogen) atoms. The third kappa shape index (κ3) is 2.50. The van der Waals surface area contributed by atoms with E-state index in [1.54, 1.807) is 12.1 Å². The Hall–Kier alpha value is -2.55. The molecule has 0 aliphatic rings. The minimum absolute atomic E-state index is 0.496. The molecular weight excluding hydrogens is 239 g/mol. The summed E-state index contributed by atoms with van der Waals surface area (Å²) in [5.41, 5.74) is 3.09. The predicted octanol–water partition coefficient (Wildman–Crippen LogP) is 3.95. The van der Waals surface area contributed by atoms with Gasteiger partial charge in [0, 0.05) is 5.56 Å². The quantitative estimate of drug-likeness (QED) is 0.643. The Labute approximate surface area is 110 Å². The standard InChI is InChI=1S/C16H11FN2/c17-16-11-5-10-15(19-16)14-9-4-8-13(18-14)12-6-2-1-3-7-12/h1-11H. The zero-order valence-electron chi connectivity index (χ0n) is 10.1. The smallest absolute Gasteiger partial charge is 0.213 e. The highest BCUT2D eigenvalue weighted by atomic mass is 19.1. The van der Waals surface area contributed by atoms with Gasteiger partial charge in [0.2, 0.25) is 5.95 Å². The molecule has 0 radical (unpaired) electrons. The first-order valence-electron chi connectivity index (χ1n) is 5.98. The van der Waals surface area contributed by atoms with Gasteiger partial charge in [0.25, 0.3) is 0 Å². The van der Waals surface area contributed by atoms with Crippen molar-refractivity contribution < 1.29 is 4.39 Å². The summed E-state index contributed by atoms with van der Waals surface area (Å²) in [5, 5.41) is 0. The van der Waals surface area contributed by atoms with E-state index in [0.717, 1.165) is 11.3 Å². The second-order valence-corrected chi connectivity index (χ2v) is 4.12. The number of rotatable bonds is 2. The van der Waals surface area contributed by atoms with Crippen molar-refractivity contribution in [1.29, 1.82) is 0 Å². The summed E-state index contributed by atoms with van der Waals surface area (Å²) in [7, 11) is 0. The van der Waals surface area contributed by atoms with Gasteiger partial charge in [-0.2, -0.15) is 4.39 Å². The normalized spacial score (nSPS) is 10.4. The molecule has 0 fully saturated rings. The van der Waals surface area contributed by atoms with E-state index in [0.29, 0.717) is 11.4 Å². The molecule has 0 spiro atoms. The Bertz CT molecular complexity index is 696. The maximum Gasteiger partial charge on any atom is 0.213 e. The lowest BCUT2D eigenvalue weighted by Crippen LogP contribution is -1.91. The van der Waals surface area contributed by atoms with Crippen molar-refractivity contribution in [2.45, 2.75) is 0 Å². The first-order chi connectivity index (χ1) is 9.33. The van der Waals surface area contributed by atoms with Crippen LogP contribution in [0.25, 0.3) is 22.6 Å². The van der Waals surface area contributed by atoms with Crippen molar-refractivity contribution in [2.75, 3.05) is 0 Å². The molecule has 0 amide bonds.